The van der Waals surface area contributed by atoms with Crippen molar-refractivity contribution in [3.8, 4) is 0 Å². The summed E-state index contributed by atoms with van der Waals surface area (Å²) in [4.78, 5) is 0.0627. The van der Waals surface area contributed by atoms with Gasteiger partial charge in [-0.1, -0.05) is 23.2 Å². The zero-order valence-electron chi connectivity index (χ0n) is 13.2. The molecule has 1 aliphatic heterocycles. The Kier molecular flexibility index (Phi) is 4.87. The topological polar surface area (TPSA) is 58.2 Å². The summed E-state index contributed by atoms with van der Waals surface area (Å²) in [5, 5.41) is 4.07. The summed E-state index contributed by atoms with van der Waals surface area (Å²) < 4.78 is 28.0. The molecule has 1 saturated heterocycles. The van der Waals surface area contributed by atoms with Gasteiger partial charge in [-0.15, -0.1) is 0 Å². The number of nitrogens with one attached hydrogen (secondary N) is 2. The molecule has 1 fully saturated rings. The summed E-state index contributed by atoms with van der Waals surface area (Å²) in [6.07, 6.45) is 1.42. The lowest BCUT2D eigenvalue weighted by Crippen LogP contribution is -2.62. The second kappa shape index (κ2) is 5.95. The van der Waals surface area contributed by atoms with Gasteiger partial charge in [0.2, 0.25) is 10.0 Å². The molecule has 1 aromatic carbocycles. The van der Waals surface area contributed by atoms with E-state index in [1.54, 1.807) is 0 Å². The molecular formula is C15H22Cl2N2O2S. The molecule has 0 unspecified atom stereocenters. The zero-order chi connectivity index (χ0) is 16.8. The second-order valence-corrected chi connectivity index (χ2v) is 9.72. The summed E-state index contributed by atoms with van der Waals surface area (Å²) in [5.74, 6) is 0. The Morgan fingerprint density at radius 1 is 1.14 bits per heavy atom. The molecule has 1 aliphatic rings. The van der Waals surface area contributed by atoms with Crippen LogP contribution in [0.3, 0.4) is 0 Å². The van der Waals surface area contributed by atoms with E-state index in [2.05, 4.69) is 37.7 Å². The standard InChI is InChI=1S/C15H22Cl2N2O2S/c1-14(2)8-11(9-15(3,4)19-14)18-22(20,21)13-6-5-10(16)7-12(13)17/h5-7,11,18-19H,8-9H2,1-4H3. The van der Waals surface area contributed by atoms with Crippen LogP contribution in [0.4, 0.5) is 0 Å². The van der Waals surface area contributed by atoms with Gasteiger partial charge in [0.25, 0.3) is 0 Å². The smallest absolute Gasteiger partial charge is 0.242 e. The fraction of sp³-hybridized carbons (Fsp3) is 0.600. The highest BCUT2D eigenvalue weighted by Gasteiger charge is 2.39. The molecule has 0 saturated carbocycles. The van der Waals surface area contributed by atoms with Crippen LogP contribution in [0.1, 0.15) is 40.5 Å². The average molecular weight is 365 g/mol. The Morgan fingerprint density at radius 3 is 2.18 bits per heavy atom. The Morgan fingerprint density at radius 2 is 1.68 bits per heavy atom. The minimum Gasteiger partial charge on any atom is -0.307 e. The van der Waals surface area contributed by atoms with Gasteiger partial charge in [0.1, 0.15) is 4.90 Å². The van der Waals surface area contributed by atoms with E-state index in [0.717, 1.165) is 0 Å². The van der Waals surface area contributed by atoms with Crippen LogP contribution in [-0.2, 0) is 10.0 Å². The van der Waals surface area contributed by atoms with E-state index in [1.165, 1.54) is 18.2 Å². The van der Waals surface area contributed by atoms with Crippen molar-refractivity contribution < 1.29 is 8.42 Å². The molecule has 0 aliphatic carbocycles. The Bertz CT molecular complexity index is 656. The normalized spacial score (nSPS) is 21.7. The van der Waals surface area contributed by atoms with Crippen LogP contribution in [0.5, 0.6) is 0 Å². The third kappa shape index (κ3) is 4.36. The van der Waals surface area contributed by atoms with Gasteiger partial charge in [-0.3, -0.25) is 0 Å². The number of sulfonamides is 1. The molecular weight excluding hydrogens is 343 g/mol. The lowest BCUT2D eigenvalue weighted by atomic mass is 9.80. The van der Waals surface area contributed by atoms with Gasteiger partial charge in [-0.05, 0) is 58.7 Å². The number of piperidine rings is 1. The van der Waals surface area contributed by atoms with Crippen LogP contribution in [0, 0.1) is 0 Å². The van der Waals surface area contributed by atoms with Gasteiger partial charge >= 0.3 is 0 Å². The van der Waals surface area contributed by atoms with E-state index in [9.17, 15) is 8.42 Å². The van der Waals surface area contributed by atoms with Crippen molar-refractivity contribution in [3.63, 3.8) is 0 Å². The molecule has 0 atom stereocenters. The summed E-state index contributed by atoms with van der Waals surface area (Å²) in [7, 11) is -3.68. The first-order chi connectivity index (χ1) is 9.90. The first kappa shape index (κ1) is 18.0. The zero-order valence-corrected chi connectivity index (χ0v) is 15.5. The fourth-order valence-electron chi connectivity index (χ4n) is 3.38. The highest BCUT2D eigenvalue weighted by molar-refractivity contribution is 7.89. The highest BCUT2D eigenvalue weighted by atomic mass is 35.5. The predicted molar refractivity (Wildman–Crippen MR) is 91.1 cm³/mol. The Balaban J connectivity index is 2.25. The number of benzene rings is 1. The largest absolute Gasteiger partial charge is 0.307 e. The van der Waals surface area contributed by atoms with Gasteiger partial charge in [0.05, 0.1) is 5.02 Å². The van der Waals surface area contributed by atoms with Crippen LogP contribution in [-0.4, -0.2) is 25.5 Å². The van der Waals surface area contributed by atoms with Gasteiger partial charge in [-0.25, -0.2) is 13.1 Å². The average Bonchev–Trinajstić information content (AvgIpc) is 2.21. The number of hydrogen-bond donors (Lipinski definition) is 2. The van der Waals surface area contributed by atoms with Crippen LogP contribution in [0.15, 0.2) is 23.1 Å². The monoisotopic (exact) mass is 364 g/mol. The first-order valence-electron chi connectivity index (χ1n) is 7.17. The predicted octanol–water partition coefficient (Wildman–Crippen LogP) is 3.58. The summed E-state index contributed by atoms with van der Waals surface area (Å²) in [6, 6.07) is 4.25. The van der Waals surface area contributed by atoms with Crippen LogP contribution in [0.25, 0.3) is 0 Å². The maximum Gasteiger partial charge on any atom is 0.242 e. The van der Waals surface area contributed by atoms with E-state index in [4.69, 9.17) is 23.2 Å². The van der Waals surface area contributed by atoms with E-state index < -0.39 is 10.0 Å². The van der Waals surface area contributed by atoms with Crippen molar-refractivity contribution in [2.75, 3.05) is 0 Å². The Hall–Kier alpha value is -0.330. The van der Waals surface area contributed by atoms with E-state index in [-0.39, 0.29) is 27.0 Å². The van der Waals surface area contributed by atoms with Crippen molar-refractivity contribution in [2.24, 2.45) is 0 Å². The van der Waals surface area contributed by atoms with Crippen molar-refractivity contribution in [1.29, 1.82) is 0 Å². The number of rotatable bonds is 3. The molecule has 7 heteroatoms. The van der Waals surface area contributed by atoms with E-state index >= 15 is 0 Å². The van der Waals surface area contributed by atoms with Gasteiger partial charge < -0.3 is 5.32 Å². The molecule has 2 rings (SSSR count). The second-order valence-electron chi connectivity index (χ2n) is 7.19. The lowest BCUT2D eigenvalue weighted by molar-refractivity contribution is 0.157. The quantitative estimate of drug-likeness (QED) is 0.861. The van der Waals surface area contributed by atoms with Gasteiger partial charge in [0, 0.05) is 22.1 Å². The highest BCUT2D eigenvalue weighted by Crippen LogP contribution is 2.31. The molecule has 0 spiro atoms. The molecule has 4 nitrogen and oxygen atoms in total. The molecule has 22 heavy (non-hydrogen) atoms. The third-order valence-electron chi connectivity index (χ3n) is 3.70. The van der Waals surface area contributed by atoms with Crippen molar-refractivity contribution in [1.82, 2.24) is 10.0 Å². The molecule has 1 aromatic rings. The van der Waals surface area contributed by atoms with E-state index in [1.807, 2.05) is 0 Å². The van der Waals surface area contributed by atoms with Gasteiger partial charge in [0.15, 0.2) is 0 Å². The molecule has 2 N–H and O–H groups in total. The molecule has 0 radical (unpaired) electrons. The maximum atomic E-state index is 12.6. The summed E-state index contributed by atoms with van der Waals surface area (Å²) in [5.41, 5.74) is -0.280. The molecule has 124 valence electrons. The third-order valence-corrected chi connectivity index (χ3v) is 5.93. The number of hydrogen-bond acceptors (Lipinski definition) is 3. The van der Waals surface area contributed by atoms with Crippen molar-refractivity contribution >= 4 is 33.2 Å². The van der Waals surface area contributed by atoms with Crippen molar-refractivity contribution in [3.05, 3.63) is 28.2 Å². The minimum atomic E-state index is -3.68. The Labute approximate surface area is 142 Å². The lowest BCUT2D eigenvalue weighted by Gasteiger charge is -2.46. The molecule has 0 aromatic heterocycles. The minimum absolute atomic E-state index is 0.0627. The fourth-order valence-corrected chi connectivity index (χ4v) is 5.39. The molecule has 1 heterocycles. The summed E-state index contributed by atoms with van der Waals surface area (Å²) >= 11 is 11.9. The first-order valence-corrected chi connectivity index (χ1v) is 9.41. The van der Waals surface area contributed by atoms with Crippen LogP contribution < -0.4 is 10.0 Å². The number of halogens is 2. The SMILES string of the molecule is CC1(C)CC(NS(=O)(=O)c2ccc(Cl)cc2Cl)CC(C)(C)N1. The van der Waals surface area contributed by atoms with E-state index in [0.29, 0.717) is 17.9 Å². The van der Waals surface area contributed by atoms with Crippen LogP contribution >= 0.6 is 23.2 Å². The summed E-state index contributed by atoms with van der Waals surface area (Å²) in [6.45, 7) is 8.30. The van der Waals surface area contributed by atoms with Crippen molar-refractivity contribution in [2.45, 2.75) is 62.6 Å². The molecule has 0 amide bonds. The van der Waals surface area contributed by atoms with Crippen LogP contribution in [0.2, 0.25) is 10.0 Å². The maximum absolute atomic E-state index is 12.6. The molecule has 0 bridgehead atoms. The van der Waals surface area contributed by atoms with Gasteiger partial charge in [-0.2, -0.15) is 0 Å².